The molecular formula is C22H38O4Si. The molecule has 27 heavy (non-hydrogen) atoms. The van der Waals surface area contributed by atoms with Gasteiger partial charge in [0, 0.05) is 12.5 Å². The van der Waals surface area contributed by atoms with E-state index < -0.39 is 8.32 Å². The normalized spacial score (nSPS) is 21.0. The lowest BCUT2D eigenvalue weighted by Crippen LogP contribution is -2.49. The van der Waals surface area contributed by atoms with Gasteiger partial charge >= 0.3 is 0 Å². The fraction of sp³-hybridized carbons (Fsp3) is 0.727. The Labute approximate surface area is 166 Å². The second-order valence-corrected chi connectivity index (χ2v) is 14.1. The predicted octanol–water partition coefficient (Wildman–Crippen LogP) is 5.67. The molecule has 0 aliphatic carbocycles. The summed E-state index contributed by atoms with van der Waals surface area (Å²) in [5, 5.41) is 0. The molecule has 0 amide bonds. The van der Waals surface area contributed by atoms with Crippen LogP contribution in [0.25, 0.3) is 0 Å². The van der Waals surface area contributed by atoms with Gasteiger partial charge in [-0.3, -0.25) is 0 Å². The first-order valence-corrected chi connectivity index (χ1v) is 12.4. The lowest BCUT2D eigenvalue weighted by molar-refractivity contribution is 0.137. The first-order chi connectivity index (χ1) is 12.7. The van der Waals surface area contributed by atoms with Crippen molar-refractivity contribution in [1.29, 1.82) is 0 Å². The van der Waals surface area contributed by atoms with Gasteiger partial charge in [-0.25, -0.2) is 0 Å². The highest BCUT2D eigenvalue weighted by Crippen LogP contribution is 2.43. The molecule has 1 aromatic carbocycles. The van der Waals surface area contributed by atoms with Crippen LogP contribution < -0.4 is 9.47 Å². The van der Waals surface area contributed by atoms with Crippen LogP contribution in [0.5, 0.6) is 11.5 Å². The largest absolute Gasteiger partial charge is 0.497 e. The fourth-order valence-corrected chi connectivity index (χ4v) is 10.1. The monoisotopic (exact) mass is 394 g/mol. The summed E-state index contributed by atoms with van der Waals surface area (Å²) in [6.07, 6.45) is 0.535. The van der Waals surface area contributed by atoms with E-state index in [-0.39, 0.29) is 12.0 Å². The van der Waals surface area contributed by atoms with Gasteiger partial charge in [0.05, 0.1) is 25.9 Å². The maximum Gasteiger partial charge on any atom is 0.200 e. The van der Waals surface area contributed by atoms with E-state index in [2.05, 4.69) is 48.5 Å². The van der Waals surface area contributed by atoms with Gasteiger partial charge in [-0.15, -0.1) is 0 Å². The molecule has 1 heterocycles. The average molecular weight is 395 g/mol. The summed E-state index contributed by atoms with van der Waals surface area (Å²) in [4.78, 5) is 0. The molecule has 3 atom stereocenters. The first-order valence-electron chi connectivity index (χ1n) is 10.3. The molecule has 0 unspecified atom stereocenters. The molecule has 4 nitrogen and oxygen atoms in total. The van der Waals surface area contributed by atoms with E-state index in [1.54, 1.807) is 7.11 Å². The Balaban J connectivity index is 2.03. The maximum absolute atomic E-state index is 6.81. The van der Waals surface area contributed by atoms with E-state index in [0.29, 0.717) is 35.9 Å². The van der Waals surface area contributed by atoms with Crippen LogP contribution in [-0.2, 0) is 9.16 Å². The molecule has 1 aliphatic heterocycles. The molecule has 0 spiro atoms. The Morgan fingerprint density at radius 1 is 0.889 bits per heavy atom. The van der Waals surface area contributed by atoms with Crippen LogP contribution in [0.1, 0.15) is 48.5 Å². The van der Waals surface area contributed by atoms with Crippen LogP contribution >= 0.6 is 0 Å². The van der Waals surface area contributed by atoms with Crippen LogP contribution in [0.2, 0.25) is 16.6 Å². The number of benzene rings is 1. The predicted molar refractivity (Wildman–Crippen MR) is 113 cm³/mol. The molecule has 0 radical (unpaired) electrons. The van der Waals surface area contributed by atoms with E-state index >= 15 is 0 Å². The number of methoxy groups -OCH3 is 1. The Hall–Kier alpha value is -1.04. The third-order valence-electron chi connectivity index (χ3n) is 6.00. The van der Waals surface area contributed by atoms with E-state index in [0.717, 1.165) is 11.5 Å². The lowest BCUT2D eigenvalue weighted by atomic mass is 10.1. The summed E-state index contributed by atoms with van der Waals surface area (Å²) in [5.41, 5.74) is 1.75. The van der Waals surface area contributed by atoms with Gasteiger partial charge in [0.15, 0.2) is 8.32 Å². The number of rotatable bonds is 11. The van der Waals surface area contributed by atoms with Gasteiger partial charge in [0.1, 0.15) is 11.5 Å². The van der Waals surface area contributed by atoms with Crippen molar-refractivity contribution in [2.24, 2.45) is 5.92 Å². The van der Waals surface area contributed by atoms with E-state index in [9.17, 15) is 0 Å². The van der Waals surface area contributed by atoms with Crippen molar-refractivity contribution in [1.82, 2.24) is 0 Å². The SMILES string of the molecule is COc1ccc(OC[C@H](CO[Si](C(C)C)(C(C)C)C(C)C)[C@H]2O[C@H]2C)cc1. The van der Waals surface area contributed by atoms with Crippen LogP contribution in [0.4, 0.5) is 0 Å². The number of epoxide rings is 1. The van der Waals surface area contributed by atoms with Crippen LogP contribution in [0, 0.1) is 5.92 Å². The summed E-state index contributed by atoms with van der Waals surface area (Å²) in [5.74, 6) is 1.95. The minimum atomic E-state index is -1.88. The number of hydrogen-bond acceptors (Lipinski definition) is 4. The molecule has 1 aromatic rings. The lowest BCUT2D eigenvalue weighted by Gasteiger charge is -2.43. The zero-order valence-electron chi connectivity index (χ0n) is 18.3. The molecule has 0 saturated carbocycles. The van der Waals surface area contributed by atoms with Gasteiger partial charge in [-0.1, -0.05) is 41.5 Å². The third kappa shape index (κ3) is 5.27. The Morgan fingerprint density at radius 2 is 1.37 bits per heavy atom. The molecule has 0 aromatic heterocycles. The molecule has 1 saturated heterocycles. The molecule has 0 N–H and O–H groups in total. The van der Waals surface area contributed by atoms with Gasteiger partial charge in [0.2, 0.25) is 0 Å². The highest BCUT2D eigenvalue weighted by atomic mass is 28.4. The summed E-state index contributed by atoms with van der Waals surface area (Å²) in [6, 6.07) is 7.74. The standard InChI is InChI=1S/C22H38O4Si/c1-15(2)27(16(3)4,17(5)6)25-14-19(22-18(7)26-22)13-24-21-11-9-20(23-8)10-12-21/h9-12,15-19,22H,13-14H2,1-8H3/t18-,19+,22-/m0/s1. The molecule has 0 bridgehead atoms. The van der Waals surface area contributed by atoms with Crippen molar-refractivity contribution < 1.29 is 18.6 Å². The van der Waals surface area contributed by atoms with Gasteiger partial charge in [-0.2, -0.15) is 0 Å². The Morgan fingerprint density at radius 3 is 1.78 bits per heavy atom. The van der Waals surface area contributed by atoms with E-state index in [1.165, 1.54) is 0 Å². The smallest absolute Gasteiger partial charge is 0.200 e. The van der Waals surface area contributed by atoms with Crippen LogP contribution in [0.15, 0.2) is 24.3 Å². The third-order valence-corrected chi connectivity index (χ3v) is 12.1. The van der Waals surface area contributed by atoms with Gasteiger partial charge in [0.25, 0.3) is 0 Å². The minimum Gasteiger partial charge on any atom is -0.497 e. The van der Waals surface area contributed by atoms with Crippen molar-refractivity contribution in [3.05, 3.63) is 24.3 Å². The summed E-state index contributed by atoms with van der Waals surface area (Å²) < 4.78 is 23.9. The Bertz CT molecular complexity index is 548. The molecule has 1 aliphatic rings. The summed E-state index contributed by atoms with van der Waals surface area (Å²) in [6.45, 7) is 17.4. The van der Waals surface area contributed by atoms with E-state index in [4.69, 9.17) is 18.6 Å². The molecule has 2 rings (SSSR count). The highest BCUT2D eigenvalue weighted by Gasteiger charge is 2.48. The second kappa shape index (κ2) is 9.44. The van der Waals surface area contributed by atoms with Crippen molar-refractivity contribution in [3.8, 4) is 11.5 Å². The molecule has 1 fully saturated rings. The fourth-order valence-electron chi connectivity index (χ4n) is 4.56. The highest BCUT2D eigenvalue weighted by molar-refractivity contribution is 6.77. The van der Waals surface area contributed by atoms with Crippen molar-refractivity contribution in [2.45, 2.75) is 77.3 Å². The van der Waals surface area contributed by atoms with Gasteiger partial charge in [-0.05, 0) is 47.8 Å². The van der Waals surface area contributed by atoms with Crippen molar-refractivity contribution in [2.75, 3.05) is 20.3 Å². The number of hydrogen-bond donors (Lipinski definition) is 0. The van der Waals surface area contributed by atoms with Gasteiger partial charge < -0.3 is 18.6 Å². The summed E-state index contributed by atoms with van der Waals surface area (Å²) in [7, 11) is -0.209. The molecule has 5 heteroatoms. The van der Waals surface area contributed by atoms with Crippen LogP contribution in [-0.4, -0.2) is 40.8 Å². The second-order valence-electron chi connectivity index (χ2n) is 8.68. The minimum absolute atomic E-state index is 0.237. The van der Waals surface area contributed by atoms with Crippen LogP contribution in [0.3, 0.4) is 0 Å². The zero-order chi connectivity index (χ0) is 20.2. The molecular weight excluding hydrogens is 356 g/mol. The average Bonchev–Trinajstić information content (AvgIpc) is 3.34. The Kier molecular flexibility index (Phi) is 7.78. The van der Waals surface area contributed by atoms with E-state index in [1.807, 2.05) is 24.3 Å². The number of ether oxygens (including phenoxy) is 3. The molecule has 154 valence electrons. The maximum atomic E-state index is 6.81. The van der Waals surface area contributed by atoms with Crippen molar-refractivity contribution in [3.63, 3.8) is 0 Å². The summed E-state index contributed by atoms with van der Waals surface area (Å²) >= 11 is 0. The quantitative estimate of drug-likeness (QED) is 0.358. The zero-order valence-corrected chi connectivity index (χ0v) is 19.3. The topological polar surface area (TPSA) is 40.2 Å². The first kappa shape index (κ1) is 22.2. The van der Waals surface area contributed by atoms with Crippen molar-refractivity contribution >= 4 is 8.32 Å².